The number of ketones is 1. The Hall–Kier alpha value is -2.28. The van der Waals surface area contributed by atoms with Crippen molar-refractivity contribution in [3.8, 4) is 0 Å². The fourth-order valence-electron chi connectivity index (χ4n) is 6.35. The molecule has 6 heteroatoms. The first-order valence-corrected chi connectivity index (χ1v) is 12.3. The Morgan fingerprint density at radius 3 is 2.59 bits per heavy atom. The highest BCUT2D eigenvalue weighted by atomic mass is 16.6. The number of hydrogen-bond donors (Lipinski definition) is 3. The fourth-order valence-corrected chi connectivity index (χ4v) is 6.35. The van der Waals surface area contributed by atoms with Gasteiger partial charge in [0.05, 0.1) is 17.8 Å². The number of ether oxygens (including phenoxy) is 1. The highest BCUT2D eigenvalue weighted by Crippen LogP contribution is 2.60. The van der Waals surface area contributed by atoms with Crippen molar-refractivity contribution in [3.05, 3.63) is 60.2 Å². The number of rotatable bonds is 5. The zero-order valence-corrected chi connectivity index (χ0v) is 20.4. The second kappa shape index (κ2) is 9.40. The number of fused-ring (bicyclic) bond motifs is 3. The number of nitrogens with one attached hydrogen (secondary N) is 1. The molecule has 10 unspecified atom stereocenters. The summed E-state index contributed by atoms with van der Waals surface area (Å²) in [4.78, 5) is 24.5. The third kappa shape index (κ3) is 4.51. The van der Waals surface area contributed by atoms with E-state index in [0.29, 0.717) is 12.8 Å². The Balaban J connectivity index is 1.77. The van der Waals surface area contributed by atoms with Crippen LogP contribution in [-0.2, 0) is 20.7 Å². The molecule has 184 valence electrons. The quantitative estimate of drug-likeness (QED) is 0.351. The van der Waals surface area contributed by atoms with Gasteiger partial charge in [-0.1, -0.05) is 62.4 Å². The van der Waals surface area contributed by atoms with E-state index in [2.05, 4.69) is 25.2 Å². The number of hydrogen-bond acceptors (Lipinski definition) is 5. The highest BCUT2D eigenvalue weighted by molar-refractivity contribution is 5.90. The lowest BCUT2D eigenvalue weighted by atomic mass is 9.58. The molecule has 0 bridgehead atoms. The maximum Gasteiger partial charge on any atom is 0.207 e. The number of carbonyl (C=O) groups excluding carboxylic acids is 2. The summed E-state index contributed by atoms with van der Waals surface area (Å²) in [6, 6.07) is 9.80. The van der Waals surface area contributed by atoms with Gasteiger partial charge in [0, 0.05) is 23.8 Å². The largest absolute Gasteiger partial charge is 0.389 e. The smallest absolute Gasteiger partial charge is 0.207 e. The molecule has 6 nitrogen and oxygen atoms in total. The third-order valence-corrected chi connectivity index (χ3v) is 8.46. The molecule has 2 aliphatic carbocycles. The van der Waals surface area contributed by atoms with Crippen molar-refractivity contribution in [1.82, 2.24) is 5.32 Å². The van der Waals surface area contributed by atoms with E-state index in [9.17, 15) is 19.8 Å². The number of amides is 1. The molecule has 1 aromatic carbocycles. The van der Waals surface area contributed by atoms with Gasteiger partial charge in [-0.2, -0.15) is 0 Å². The number of aliphatic hydroxyl groups excluding tert-OH is 1. The van der Waals surface area contributed by atoms with Crippen molar-refractivity contribution in [3.63, 3.8) is 0 Å². The lowest BCUT2D eigenvalue weighted by Gasteiger charge is -2.46. The van der Waals surface area contributed by atoms with E-state index in [0.717, 1.165) is 12.0 Å². The van der Waals surface area contributed by atoms with Crippen LogP contribution in [-0.4, -0.2) is 51.9 Å². The number of benzene rings is 1. The van der Waals surface area contributed by atoms with Gasteiger partial charge >= 0.3 is 0 Å². The number of aliphatic hydroxyl groups is 2. The van der Waals surface area contributed by atoms with E-state index in [1.54, 1.807) is 6.08 Å². The average Bonchev–Trinajstić information content (AvgIpc) is 3.51. The van der Waals surface area contributed by atoms with Crippen molar-refractivity contribution in [2.24, 2.45) is 29.6 Å². The van der Waals surface area contributed by atoms with Crippen LogP contribution in [0.5, 0.6) is 0 Å². The molecular weight excluding hydrogens is 430 g/mol. The second-order valence-corrected chi connectivity index (χ2v) is 10.8. The summed E-state index contributed by atoms with van der Waals surface area (Å²) < 4.78 is 6.27. The predicted octanol–water partition coefficient (Wildman–Crippen LogP) is 2.83. The van der Waals surface area contributed by atoms with Crippen molar-refractivity contribution in [2.45, 2.75) is 70.0 Å². The van der Waals surface area contributed by atoms with Gasteiger partial charge in [-0.25, -0.2) is 0 Å². The van der Waals surface area contributed by atoms with Gasteiger partial charge in [0.1, 0.15) is 5.60 Å². The average molecular weight is 468 g/mol. The first kappa shape index (κ1) is 24.8. The molecule has 1 aromatic rings. The minimum absolute atomic E-state index is 0.0380. The molecule has 34 heavy (non-hydrogen) atoms. The van der Waals surface area contributed by atoms with Crippen LogP contribution in [0.15, 0.2) is 54.6 Å². The summed E-state index contributed by atoms with van der Waals surface area (Å²) >= 11 is 0. The Kier molecular flexibility index (Phi) is 6.87. The first-order valence-electron chi connectivity index (χ1n) is 12.3. The highest BCUT2D eigenvalue weighted by Gasteiger charge is 2.68. The standard InChI is InChI=1S/C28H37NO5/c1-17-9-8-12-20-24(22(31)13-14-27(3,33)25(17)32)23(18(2)28(4)26(20)34-28)21(29-16-30)15-19-10-6-5-7-11-19/h5-8,10-14,16-18,20-24,26,31,33H,9,15H2,1-4H3,(H,29,30)/b12-8+,14-13+. The molecule has 0 spiro atoms. The molecule has 0 aromatic heterocycles. The van der Waals surface area contributed by atoms with Crippen molar-refractivity contribution < 1.29 is 24.5 Å². The molecular formula is C28H37NO5. The zero-order valence-electron chi connectivity index (χ0n) is 20.4. The molecule has 1 saturated heterocycles. The van der Waals surface area contributed by atoms with Crippen LogP contribution in [0.1, 0.15) is 39.7 Å². The number of carbonyl (C=O) groups is 2. The molecule has 3 N–H and O–H groups in total. The van der Waals surface area contributed by atoms with Crippen LogP contribution >= 0.6 is 0 Å². The minimum Gasteiger partial charge on any atom is -0.389 e. The summed E-state index contributed by atoms with van der Waals surface area (Å²) in [5.41, 5.74) is -0.889. The predicted molar refractivity (Wildman–Crippen MR) is 130 cm³/mol. The van der Waals surface area contributed by atoms with Crippen LogP contribution in [0.3, 0.4) is 0 Å². The summed E-state index contributed by atoms with van der Waals surface area (Å²) in [7, 11) is 0. The van der Waals surface area contributed by atoms with E-state index in [1.165, 1.54) is 13.0 Å². The second-order valence-electron chi connectivity index (χ2n) is 10.8. The van der Waals surface area contributed by atoms with Crippen molar-refractivity contribution in [1.29, 1.82) is 0 Å². The van der Waals surface area contributed by atoms with Gasteiger partial charge in [0.15, 0.2) is 5.78 Å². The molecule has 0 radical (unpaired) electrons. The van der Waals surface area contributed by atoms with Crippen LogP contribution in [0.2, 0.25) is 0 Å². The summed E-state index contributed by atoms with van der Waals surface area (Å²) in [5, 5.41) is 25.3. The van der Waals surface area contributed by atoms with E-state index in [4.69, 9.17) is 4.74 Å². The van der Waals surface area contributed by atoms with Gasteiger partial charge in [-0.05, 0) is 50.2 Å². The van der Waals surface area contributed by atoms with Gasteiger partial charge < -0.3 is 20.3 Å². The molecule has 1 aliphatic heterocycles. The Bertz CT molecular complexity index is 957. The Morgan fingerprint density at radius 1 is 1.21 bits per heavy atom. The third-order valence-electron chi connectivity index (χ3n) is 8.46. The minimum atomic E-state index is -1.65. The van der Waals surface area contributed by atoms with E-state index in [1.807, 2.05) is 43.3 Å². The maximum absolute atomic E-state index is 12.8. The molecule has 3 aliphatic rings. The topological polar surface area (TPSA) is 99.2 Å². The molecule has 1 saturated carbocycles. The van der Waals surface area contributed by atoms with E-state index >= 15 is 0 Å². The van der Waals surface area contributed by atoms with Crippen LogP contribution in [0.4, 0.5) is 0 Å². The molecule has 1 heterocycles. The van der Waals surface area contributed by atoms with Crippen LogP contribution < -0.4 is 5.32 Å². The lowest BCUT2D eigenvalue weighted by Crippen LogP contribution is -2.55. The van der Waals surface area contributed by atoms with Gasteiger partial charge in [0.25, 0.3) is 0 Å². The van der Waals surface area contributed by atoms with E-state index < -0.39 is 11.7 Å². The molecule has 2 fully saturated rings. The monoisotopic (exact) mass is 467 g/mol. The Labute approximate surface area is 202 Å². The number of Topliss-reactive ketones (excluding diaryl/α,β-unsaturated/α-hetero) is 1. The summed E-state index contributed by atoms with van der Waals surface area (Å²) in [6.45, 7) is 7.54. The number of allylic oxidation sites excluding steroid dienone is 1. The lowest BCUT2D eigenvalue weighted by molar-refractivity contribution is -0.135. The van der Waals surface area contributed by atoms with Crippen LogP contribution in [0, 0.1) is 29.6 Å². The number of epoxide rings is 1. The molecule has 1 amide bonds. The normalized spacial score (nSPS) is 44.5. The summed E-state index contributed by atoms with van der Waals surface area (Å²) in [6.07, 6.45) is 7.99. The first-order chi connectivity index (χ1) is 16.1. The molecule has 4 rings (SSSR count). The molecule has 10 atom stereocenters. The maximum atomic E-state index is 12.8. The van der Waals surface area contributed by atoms with Crippen molar-refractivity contribution >= 4 is 12.2 Å². The van der Waals surface area contributed by atoms with Gasteiger partial charge in [-0.15, -0.1) is 0 Å². The van der Waals surface area contributed by atoms with Gasteiger partial charge in [-0.3, -0.25) is 9.59 Å². The fraction of sp³-hybridized carbons (Fsp3) is 0.571. The van der Waals surface area contributed by atoms with Gasteiger partial charge in [0.2, 0.25) is 6.41 Å². The zero-order chi connectivity index (χ0) is 24.7. The SMILES string of the molecule is CC1C/C=C/C2C(C(O)/C=C/C(C)(O)C1=O)C(C(Cc1ccccc1)NC=O)C(C)C1(C)OC21. The van der Waals surface area contributed by atoms with Crippen molar-refractivity contribution in [2.75, 3.05) is 0 Å². The Morgan fingerprint density at radius 2 is 1.91 bits per heavy atom. The summed E-state index contributed by atoms with van der Waals surface area (Å²) in [5.74, 6) is -0.985. The van der Waals surface area contributed by atoms with E-state index in [-0.39, 0.29) is 53.1 Å². The van der Waals surface area contributed by atoms with Crippen LogP contribution in [0.25, 0.3) is 0 Å².